The summed E-state index contributed by atoms with van der Waals surface area (Å²) < 4.78 is 37.3. The van der Waals surface area contributed by atoms with Gasteiger partial charge in [-0.15, -0.1) is 0 Å². The normalized spacial score (nSPS) is 44.5. The van der Waals surface area contributed by atoms with Crippen molar-refractivity contribution in [2.45, 2.75) is 128 Å². The molecule has 2 bridgehead atoms. The molecule has 2 N–H and O–H groups in total. The van der Waals surface area contributed by atoms with Gasteiger partial charge in [0.15, 0.2) is 12.1 Å². The van der Waals surface area contributed by atoms with E-state index in [1.54, 1.807) is 19.3 Å². The minimum absolute atomic E-state index is 0.0885. The Balaban J connectivity index is 1.57. The summed E-state index contributed by atoms with van der Waals surface area (Å²) in [6.07, 6.45) is 9.81. The number of rotatable bonds is 3. The molecule has 12 atom stereocenters. The van der Waals surface area contributed by atoms with E-state index in [2.05, 4.69) is 32.9 Å². The van der Waals surface area contributed by atoms with Crippen molar-refractivity contribution in [1.82, 2.24) is 0 Å². The van der Waals surface area contributed by atoms with Crippen LogP contribution in [0, 0.1) is 17.8 Å². The Hall–Kier alpha value is -2.11. The maximum absolute atomic E-state index is 14.3. The van der Waals surface area contributed by atoms with Gasteiger partial charge in [-0.1, -0.05) is 55.9 Å². The van der Waals surface area contributed by atoms with Gasteiger partial charge in [0.25, 0.3) is 0 Å². The van der Waals surface area contributed by atoms with Crippen molar-refractivity contribution in [3.8, 4) is 0 Å². The van der Waals surface area contributed by atoms with E-state index in [9.17, 15) is 15.0 Å². The molecule has 3 fully saturated rings. The lowest BCUT2D eigenvalue weighted by molar-refractivity contribution is -0.363. The molecule has 4 heterocycles. The number of ether oxygens (including phenoxy) is 6. The minimum Gasteiger partial charge on any atom is -0.462 e. The number of hydrogen-bond acceptors (Lipinski definition) is 9. The summed E-state index contributed by atoms with van der Waals surface area (Å²) in [4.78, 5) is 14.3. The summed E-state index contributed by atoms with van der Waals surface area (Å²) in [5.74, 6) is -2.69. The third-order valence-electron chi connectivity index (χ3n) is 10.4. The standard InChI is InChI=1S/C36H52O9/c1-9-22(4)30-24(6)17-29(37)35(45-30)19-26-18-25(44-35)14-13-21(3)15-20(2)11-10-12-27-34(41-8)43-32-31(40-7)23(5)16-28(33(38)42-26)36(27,32)39/h9-13,16,20,24-26,28-32,34,37,39H,14-15,17-19H2,1-8H3/b11-10?,21-13?,22-9+,27-12?/t20-,24-,25+,26-,28-,29+,30+,31+,32?,34?,35-,36+/m0/s1. The third-order valence-corrected chi connectivity index (χ3v) is 10.4. The lowest BCUT2D eigenvalue weighted by Crippen LogP contribution is -2.62. The van der Waals surface area contributed by atoms with Crippen molar-refractivity contribution in [2.75, 3.05) is 14.2 Å². The van der Waals surface area contributed by atoms with Gasteiger partial charge < -0.3 is 38.6 Å². The Morgan fingerprint density at radius 1 is 1.11 bits per heavy atom. The molecule has 9 heteroatoms. The zero-order valence-corrected chi connectivity index (χ0v) is 28.0. The van der Waals surface area contributed by atoms with Crippen molar-refractivity contribution >= 4 is 5.97 Å². The van der Waals surface area contributed by atoms with E-state index in [4.69, 9.17) is 28.4 Å². The Morgan fingerprint density at radius 2 is 1.87 bits per heavy atom. The second-order valence-corrected chi connectivity index (χ2v) is 13.8. The Bertz CT molecular complexity index is 1260. The van der Waals surface area contributed by atoms with Gasteiger partial charge in [0.05, 0.1) is 12.2 Å². The summed E-state index contributed by atoms with van der Waals surface area (Å²) in [7, 11) is 3.08. The van der Waals surface area contributed by atoms with E-state index in [1.165, 1.54) is 12.7 Å². The molecule has 4 aliphatic heterocycles. The molecule has 0 radical (unpaired) electrons. The smallest absolute Gasteiger partial charge is 0.316 e. The number of allylic oxidation sites excluding steroid dienone is 5. The van der Waals surface area contributed by atoms with E-state index >= 15 is 0 Å². The third kappa shape index (κ3) is 6.42. The monoisotopic (exact) mass is 628 g/mol. The van der Waals surface area contributed by atoms with Gasteiger partial charge in [0.1, 0.15) is 35.9 Å². The number of aliphatic hydroxyl groups is 2. The van der Waals surface area contributed by atoms with Crippen molar-refractivity contribution in [3.63, 3.8) is 0 Å². The summed E-state index contributed by atoms with van der Waals surface area (Å²) in [6.45, 7) is 12.2. The number of methoxy groups -OCH3 is 2. The van der Waals surface area contributed by atoms with Crippen molar-refractivity contribution in [2.24, 2.45) is 17.8 Å². The number of fused-ring (bicyclic) bond motifs is 2. The molecule has 1 aliphatic carbocycles. The van der Waals surface area contributed by atoms with Crippen LogP contribution in [-0.4, -0.2) is 84.7 Å². The molecule has 9 nitrogen and oxygen atoms in total. The molecule has 5 aliphatic rings. The van der Waals surface area contributed by atoms with Crippen molar-refractivity contribution in [1.29, 1.82) is 0 Å². The lowest BCUT2D eigenvalue weighted by Gasteiger charge is -2.52. The molecular formula is C36H52O9. The summed E-state index contributed by atoms with van der Waals surface area (Å²) >= 11 is 0. The predicted molar refractivity (Wildman–Crippen MR) is 169 cm³/mol. The summed E-state index contributed by atoms with van der Waals surface area (Å²) in [5, 5.41) is 24.0. The summed E-state index contributed by atoms with van der Waals surface area (Å²) in [5.41, 5.74) is 1.70. The van der Waals surface area contributed by atoms with Crippen molar-refractivity contribution < 1.29 is 43.4 Å². The second kappa shape index (κ2) is 13.6. The van der Waals surface area contributed by atoms with E-state index in [0.717, 1.165) is 17.6 Å². The quantitative estimate of drug-likeness (QED) is 0.327. The van der Waals surface area contributed by atoms with Gasteiger partial charge in [-0.05, 0) is 69.9 Å². The SMILES string of the molecule is C/C=C(\C)[C@H]1O[C@@]2(C[C@@H]3C[C@@H](CC=C(C)C[C@@H](C)C=CC=C4C(OC)OC5[C@H](OC)C(C)=C[C@@H](C(=O)O3)[C@]45O)O2)[C@H](O)C[C@@H]1C. The first-order chi connectivity index (χ1) is 21.4. The van der Waals surface area contributed by atoms with E-state index in [-0.39, 0.29) is 30.5 Å². The van der Waals surface area contributed by atoms with Gasteiger partial charge >= 0.3 is 5.97 Å². The van der Waals surface area contributed by atoms with Crippen LogP contribution in [0.25, 0.3) is 0 Å². The first kappa shape index (κ1) is 34.2. The van der Waals surface area contributed by atoms with E-state index < -0.39 is 54.0 Å². The highest BCUT2D eigenvalue weighted by atomic mass is 16.7. The number of hydrogen-bond donors (Lipinski definition) is 2. The van der Waals surface area contributed by atoms with Gasteiger partial charge in [-0.25, -0.2) is 0 Å². The molecule has 2 unspecified atom stereocenters. The van der Waals surface area contributed by atoms with Gasteiger partial charge in [0, 0.05) is 32.6 Å². The highest BCUT2D eigenvalue weighted by Crippen LogP contribution is 2.50. The average molecular weight is 629 g/mol. The van der Waals surface area contributed by atoms with Crippen LogP contribution in [0.15, 0.2) is 58.7 Å². The van der Waals surface area contributed by atoms with E-state index in [0.29, 0.717) is 24.8 Å². The number of esters is 1. The van der Waals surface area contributed by atoms with Gasteiger partial charge in [0.2, 0.25) is 0 Å². The van der Waals surface area contributed by atoms with Gasteiger partial charge in [-0.2, -0.15) is 0 Å². The molecule has 45 heavy (non-hydrogen) atoms. The number of carbonyl (C=O) groups excluding carboxylic acids is 1. The molecule has 0 aromatic heterocycles. The number of aliphatic hydroxyl groups excluding tert-OH is 1. The largest absolute Gasteiger partial charge is 0.462 e. The second-order valence-electron chi connectivity index (χ2n) is 13.8. The highest BCUT2D eigenvalue weighted by molar-refractivity contribution is 5.78. The van der Waals surface area contributed by atoms with Crippen LogP contribution >= 0.6 is 0 Å². The van der Waals surface area contributed by atoms with Crippen LogP contribution in [0.4, 0.5) is 0 Å². The molecule has 1 spiro atoms. The molecule has 0 aromatic carbocycles. The van der Waals surface area contributed by atoms with Crippen LogP contribution in [0.3, 0.4) is 0 Å². The van der Waals surface area contributed by atoms with Crippen LogP contribution in [0.2, 0.25) is 0 Å². The zero-order chi connectivity index (χ0) is 32.7. The molecule has 5 rings (SSSR count). The van der Waals surface area contributed by atoms with Crippen molar-refractivity contribution in [3.05, 3.63) is 58.7 Å². The Labute approximate surface area is 267 Å². The van der Waals surface area contributed by atoms with Gasteiger partial charge in [-0.3, -0.25) is 4.79 Å². The summed E-state index contributed by atoms with van der Waals surface area (Å²) in [6, 6.07) is 0. The highest BCUT2D eigenvalue weighted by Gasteiger charge is 2.64. The topological polar surface area (TPSA) is 113 Å². The van der Waals surface area contributed by atoms with Crippen LogP contribution in [-0.2, 0) is 33.2 Å². The Morgan fingerprint density at radius 3 is 2.56 bits per heavy atom. The molecule has 0 amide bonds. The Kier molecular flexibility index (Phi) is 10.3. The van der Waals surface area contributed by atoms with Crippen LogP contribution < -0.4 is 0 Å². The molecule has 0 saturated carbocycles. The fourth-order valence-electron chi connectivity index (χ4n) is 7.94. The minimum atomic E-state index is -1.77. The molecule has 0 aromatic rings. The lowest BCUT2D eigenvalue weighted by atomic mass is 9.70. The van der Waals surface area contributed by atoms with Crippen LogP contribution in [0.1, 0.15) is 73.6 Å². The first-order valence-corrected chi connectivity index (χ1v) is 16.4. The zero-order valence-electron chi connectivity index (χ0n) is 28.0. The molecule has 250 valence electrons. The maximum Gasteiger partial charge on any atom is 0.316 e. The van der Waals surface area contributed by atoms with E-state index in [1.807, 2.05) is 32.9 Å². The molecule has 3 saturated heterocycles. The fraction of sp³-hybridized carbons (Fsp3) is 0.694. The molecular weight excluding hydrogens is 576 g/mol. The fourth-order valence-corrected chi connectivity index (χ4v) is 7.94. The average Bonchev–Trinajstić information content (AvgIpc) is 3.28. The van der Waals surface area contributed by atoms with Crippen LogP contribution in [0.5, 0.6) is 0 Å². The number of carbonyl (C=O) groups is 1. The maximum atomic E-state index is 14.3. The first-order valence-electron chi connectivity index (χ1n) is 16.4. The predicted octanol–water partition coefficient (Wildman–Crippen LogP) is 5.08.